The Labute approximate surface area is 125 Å². The normalized spacial score (nSPS) is 27.9. The first-order valence-electron chi connectivity index (χ1n) is 7.73. The molecule has 2 heterocycles. The first-order chi connectivity index (χ1) is 10.2. The molecule has 1 aromatic rings. The highest BCUT2D eigenvalue weighted by Gasteiger charge is 2.41. The van der Waals surface area contributed by atoms with E-state index >= 15 is 0 Å². The van der Waals surface area contributed by atoms with Gasteiger partial charge in [0.25, 0.3) is 0 Å². The standard InChI is InChI=1S/C16H23N3O2/c1-2-17-16(18-10-11-4-3-5-12(20)8-11)19-14-9-13-6-7-15(14)21-13/h3-5,8,13-15,20H,2,6-7,9-10H2,1H3,(H2,17,18,19). The molecular weight excluding hydrogens is 266 g/mol. The fraction of sp³-hybridized carbons (Fsp3) is 0.562. The van der Waals surface area contributed by atoms with E-state index in [0.29, 0.717) is 24.8 Å². The summed E-state index contributed by atoms with van der Waals surface area (Å²) in [6, 6.07) is 7.58. The van der Waals surface area contributed by atoms with Crippen molar-refractivity contribution in [3.05, 3.63) is 29.8 Å². The maximum atomic E-state index is 9.49. The van der Waals surface area contributed by atoms with E-state index < -0.39 is 0 Å². The molecule has 1 aromatic carbocycles. The number of guanidine groups is 1. The number of ether oxygens (including phenoxy) is 1. The number of aliphatic imine (C=N–C) groups is 1. The third kappa shape index (κ3) is 3.47. The molecule has 3 unspecified atom stereocenters. The fourth-order valence-electron chi connectivity index (χ4n) is 3.11. The van der Waals surface area contributed by atoms with Gasteiger partial charge in [0, 0.05) is 6.54 Å². The Bertz CT molecular complexity index is 518. The van der Waals surface area contributed by atoms with Crippen LogP contribution in [0.3, 0.4) is 0 Å². The molecule has 5 heteroatoms. The molecule has 114 valence electrons. The van der Waals surface area contributed by atoms with Gasteiger partial charge in [-0.2, -0.15) is 0 Å². The average molecular weight is 289 g/mol. The van der Waals surface area contributed by atoms with Gasteiger partial charge in [0.15, 0.2) is 5.96 Å². The van der Waals surface area contributed by atoms with Gasteiger partial charge in [0.05, 0.1) is 24.8 Å². The molecule has 0 aromatic heterocycles. The molecule has 2 aliphatic rings. The van der Waals surface area contributed by atoms with Crippen LogP contribution in [0.1, 0.15) is 31.7 Å². The van der Waals surface area contributed by atoms with Crippen molar-refractivity contribution >= 4 is 5.96 Å². The molecular formula is C16H23N3O2. The van der Waals surface area contributed by atoms with Crippen molar-refractivity contribution in [1.82, 2.24) is 10.6 Å². The highest BCUT2D eigenvalue weighted by atomic mass is 16.5. The van der Waals surface area contributed by atoms with E-state index in [2.05, 4.69) is 22.5 Å². The van der Waals surface area contributed by atoms with Crippen molar-refractivity contribution in [3.63, 3.8) is 0 Å². The molecule has 3 rings (SSSR count). The largest absolute Gasteiger partial charge is 0.508 e. The van der Waals surface area contributed by atoms with Crippen LogP contribution in [-0.4, -0.2) is 35.9 Å². The number of phenolic OH excluding ortho intramolecular Hbond substituents is 1. The van der Waals surface area contributed by atoms with Gasteiger partial charge >= 0.3 is 0 Å². The number of rotatable bonds is 4. The predicted octanol–water partition coefficient (Wildman–Crippen LogP) is 1.77. The molecule has 21 heavy (non-hydrogen) atoms. The Hall–Kier alpha value is -1.75. The monoisotopic (exact) mass is 289 g/mol. The molecule has 3 atom stereocenters. The Morgan fingerprint density at radius 2 is 2.33 bits per heavy atom. The van der Waals surface area contributed by atoms with Crippen LogP contribution in [-0.2, 0) is 11.3 Å². The van der Waals surface area contributed by atoms with Crippen molar-refractivity contribution in [2.24, 2.45) is 4.99 Å². The summed E-state index contributed by atoms with van der Waals surface area (Å²) in [4.78, 5) is 4.60. The zero-order valence-electron chi connectivity index (χ0n) is 12.4. The zero-order valence-corrected chi connectivity index (χ0v) is 12.4. The summed E-state index contributed by atoms with van der Waals surface area (Å²) < 4.78 is 5.86. The van der Waals surface area contributed by atoms with Gasteiger partial charge in [0.2, 0.25) is 0 Å². The Kier molecular flexibility index (Phi) is 4.29. The predicted molar refractivity (Wildman–Crippen MR) is 82.4 cm³/mol. The molecule has 2 bridgehead atoms. The van der Waals surface area contributed by atoms with Crippen LogP contribution in [0.25, 0.3) is 0 Å². The smallest absolute Gasteiger partial charge is 0.191 e. The topological polar surface area (TPSA) is 65.9 Å². The third-order valence-corrected chi connectivity index (χ3v) is 4.10. The lowest BCUT2D eigenvalue weighted by molar-refractivity contribution is 0.0992. The maximum Gasteiger partial charge on any atom is 0.191 e. The lowest BCUT2D eigenvalue weighted by Crippen LogP contribution is -2.47. The van der Waals surface area contributed by atoms with E-state index in [4.69, 9.17) is 4.74 Å². The van der Waals surface area contributed by atoms with Gasteiger partial charge in [-0.05, 0) is 43.9 Å². The second-order valence-electron chi connectivity index (χ2n) is 5.73. The number of nitrogens with zero attached hydrogens (tertiary/aromatic N) is 1. The van der Waals surface area contributed by atoms with E-state index in [1.165, 1.54) is 6.42 Å². The van der Waals surface area contributed by atoms with E-state index in [0.717, 1.165) is 30.9 Å². The van der Waals surface area contributed by atoms with Crippen LogP contribution in [0.2, 0.25) is 0 Å². The van der Waals surface area contributed by atoms with E-state index in [1.807, 2.05) is 12.1 Å². The van der Waals surface area contributed by atoms with Gasteiger partial charge in [-0.1, -0.05) is 12.1 Å². The number of hydrogen-bond acceptors (Lipinski definition) is 3. The Morgan fingerprint density at radius 1 is 1.43 bits per heavy atom. The summed E-state index contributed by atoms with van der Waals surface area (Å²) in [6.45, 7) is 3.43. The molecule has 0 saturated carbocycles. The van der Waals surface area contributed by atoms with Crippen LogP contribution in [0.5, 0.6) is 5.75 Å². The van der Waals surface area contributed by atoms with Crippen LogP contribution in [0, 0.1) is 0 Å². The van der Waals surface area contributed by atoms with Gasteiger partial charge < -0.3 is 20.5 Å². The van der Waals surface area contributed by atoms with Gasteiger partial charge in [-0.25, -0.2) is 4.99 Å². The quantitative estimate of drug-likeness (QED) is 0.584. The van der Waals surface area contributed by atoms with Crippen molar-refractivity contribution in [1.29, 1.82) is 0 Å². The van der Waals surface area contributed by atoms with Gasteiger partial charge in [-0.15, -0.1) is 0 Å². The van der Waals surface area contributed by atoms with Crippen molar-refractivity contribution < 1.29 is 9.84 Å². The van der Waals surface area contributed by atoms with E-state index in [-0.39, 0.29) is 5.75 Å². The first-order valence-corrected chi connectivity index (χ1v) is 7.73. The summed E-state index contributed by atoms with van der Waals surface area (Å²) in [7, 11) is 0. The molecule has 2 fully saturated rings. The van der Waals surface area contributed by atoms with Crippen LogP contribution in [0.15, 0.2) is 29.3 Å². The second kappa shape index (κ2) is 6.35. The SMILES string of the molecule is CCNC(=NCc1cccc(O)c1)NC1CC2CCC1O2. The Morgan fingerprint density at radius 3 is 3.00 bits per heavy atom. The molecule has 0 amide bonds. The molecule has 3 N–H and O–H groups in total. The molecule has 0 spiro atoms. The van der Waals surface area contributed by atoms with E-state index in [1.54, 1.807) is 12.1 Å². The molecule has 0 aliphatic carbocycles. The summed E-state index contributed by atoms with van der Waals surface area (Å²) in [5, 5.41) is 16.2. The zero-order chi connectivity index (χ0) is 14.7. The highest BCUT2D eigenvalue weighted by Crippen LogP contribution is 2.34. The minimum atomic E-state index is 0.280. The van der Waals surface area contributed by atoms with Gasteiger partial charge in [0.1, 0.15) is 5.75 Å². The van der Waals surface area contributed by atoms with E-state index in [9.17, 15) is 5.11 Å². The number of fused-ring (bicyclic) bond motifs is 2. The number of aromatic hydroxyl groups is 1. The molecule has 0 radical (unpaired) electrons. The van der Waals surface area contributed by atoms with Crippen LogP contribution >= 0.6 is 0 Å². The molecule has 5 nitrogen and oxygen atoms in total. The maximum absolute atomic E-state index is 9.49. The highest BCUT2D eigenvalue weighted by molar-refractivity contribution is 5.80. The van der Waals surface area contributed by atoms with Crippen LogP contribution < -0.4 is 10.6 Å². The minimum Gasteiger partial charge on any atom is -0.508 e. The lowest BCUT2D eigenvalue weighted by atomic mass is 9.96. The number of nitrogens with one attached hydrogen (secondary N) is 2. The molecule has 2 saturated heterocycles. The fourth-order valence-corrected chi connectivity index (χ4v) is 3.11. The van der Waals surface area contributed by atoms with Crippen molar-refractivity contribution in [2.75, 3.05) is 6.54 Å². The first kappa shape index (κ1) is 14.2. The molecule has 2 aliphatic heterocycles. The summed E-state index contributed by atoms with van der Waals surface area (Å²) in [6.07, 6.45) is 4.18. The Balaban J connectivity index is 1.62. The lowest BCUT2D eigenvalue weighted by Gasteiger charge is -2.22. The summed E-state index contributed by atoms with van der Waals surface area (Å²) >= 11 is 0. The second-order valence-corrected chi connectivity index (χ2v) is 5.73. The average Bonchev–Trinajstić information content (AvgIpc) is 3.08. The van der Waals surface area contributed by atoms with Crippen molar-refractivity contribution in [2.45, 2.75) is 51.0 Å². The van der Waals surface area contributed by atoms with Gasteiger partial charge in [-0.3, -0.25) is 0 Å². The third-order valence-electron chi connectivity index (χ3n) is 4.10. The number of benzene rings is 1. The van der Waals surface area contributed by atoms with Crippen LogP contribution in [0.4, 0.5) is 0 Å². The summed E-state index contributed by atoms with van der Waals surface area (Å²) in [5.41, 5.74) is 0.997. The number of phenols is 1. The minimum absolute atomic E-state index is 0.280. The number of hydrogen-bond donors (Lipinski definition) is 3. The summed E-state index contributed by atoms with van der Waals surface area (Å²) in [5.74, 6) is 1.10. The van der Waals surface area contributed by atoms with Crippen molar-refractivity contribution in [3.8, 4) is 5.75 Å².